The average molecular weight is 423 g/mol. The van der Waals surface area contributed by atoms with E-state index < -0.39 is 0 Å². The van der Waals surface area contributed by atoms with Gasteiger partial charge in [0.2, 0.25) is 5.75 Å². The Labute approximate surface area is 178 Å². The van der Waals surface area contributed by atoms with Gasteiger partial charge in [-0.05, 0) is 41.6 Å². The first-order chi connectivity index (χ1) is 14.5. The third kappa shape index (κ3) is 3.46. The quantitative estimate of drug-likeness (QED) is 0.537. The molecule has 0 amide bonds. The van der Waals surface area contributed by atoms with Crippen molar-refractivity contribution in [3.63, 3.8) is 0 Å². The fourth-order valence-corrected chi connectivity index (χ4v) is 3.84. The lowest BCUT2D eigenvalue weighted by Gasteiger charge is -2.26. The molecule has 3 aromatic rings. The topological polar surface area (TPSA) is 88.4 Å². The Kier molecular flexibility index (Phi) is 5.33. The van der Waals surface area contributed by atoms with Gasteiger partial charge in [0.05, 0.1) is 26.9 Å². The van der Waals surface area contributed by atoms with Gasteiger partial charge < -0.3 is 24.5 Å². The molecule has 154 valence electrons. The zero-order chi connectivity index (χ0) is 21.3. The van der Waals surface area contributed by atoms with Crippen LogP contribution in [-0.4, -0.2) is 31.3 Å². The molecule has 0 saturated heterocycles. The van der Waals surface area contributed by atoms with Crippen molar-refractivity contribution in [3.05, 3.63) is 80.4 Å². The molecular weight excluding hydrogens is 402 g/mol. The maximum absolute atomic E-state index is 12.8. The summed E-state index contributed by atoms with van der Waals surface area (Å²) in [6.07, 6.45) is 2.00. The number of aromatic nitrogens is 2. The predicted octanol–water partition coefficient (Wildman–Crippen LogP) is 4.06. The van der Waals surface area contributed by atoms with Gasteiger partial charge in [0.1, 0.15) is 5.82 Å². The Balaban J connectivity index is 1.97. The van der Waals surface area contributed by atoms with Crippen LogP contribution in [0.1, 0.15) is 22.6 Å². The van der Waals surface area contributed by atoms with Gasteiger partial charge in [-0.2, -0.15) is 0 Å². The number of allylic oxidation sites excluding steroid dienone is 1. The van der Waals surface area contributed by atoms with Crippen molar-refractivity contribution in [1.29, 1.82) is 0 Å². The number of H-pyrrole nitrogens is 2. The Morgan fingerprint density at radius 1 is 0.933 bits per heavy atom. The van der Waals surface area contributed by atoms with Gasteiger partial charge in [-0.1, -0.05) is 30.3 Å². The third-order valence-corrected chi connectivity index (χ3v) is 5.22. The second-order valence-corrected chi connectivity index (χ2v) is 7.11. The van der Waals surface area contributed by atoms with Gasteiger partial charge in [-0.25, -0.2) is 0 Å². The second-order valence-electron chi connectivity index (χ2n) is 6.70. The minimum absolute atomic E-state index is 0.254. The van der Waals surface area contributed by atoms with E-state index in [9.17, 15) is 4.79 Å². The first-order valence-electron chi connectivity index (χ1n) is 9.26. The van der Waals surface area contributed by atoms with Crippen molar-refractivity contribution in [1.82, 2.24) is 9.97 Å². The number of nitrogens with one attached hydrogen (secondary N) is 3. The first-order valence-corrected chi connectivity index (χ1v) is 9.67. The normalized spacial score (nSPS) is 14.9. The molecular formula is C22H21N3O4S. The Morgan fingerprint density at radius 3 is 2.20 bits per heavy atom. The van der Waals surface area contributed by atoms with E-state index in [-0.39, 0.29) is 16.2 Å². The number of benzene rings is 2. The van der Waals surface area contributed by atoms with E-state index >= 15 is 0 Å². The van der Waals surface area contributed by atoms with E-state index in [4.69, 9.17) is 26.4 Å². The number of fused-ring (bicyclic) bond motifs is 1. The predicted molar refractivity (Wildman–Crippen MR) is 118 cm³/mol. The summed E-state index contributed by atoms with van der Waals surface area (Å²) in [4.78, 5) is 18.6. The van der Waals surface area contributed by atoms with Crippen LogP contribution in [-0.2, 0) is 0 Å². The summed E-state index contributed by atoms with van der Waals surface area (Å²) < 4.78 is 16.7. The molecule has 1 aliphatic rings. The molecule has 3 N–H and O–H groups in total. The Hall–Kier alpha value is -3.52. The van der Waals surface area contributed by atoms with Crippen LogP contribution in [0.5, 0.6) is 17.2 Å². The minimum atomic E-state index is -0.374. The maximum atomic E-state index is 12.8. The molecule has 1 aromatic heterocycles. The summed E-state index contributed by atoms with van der Waals surface area (Å²) in [5.74, 6) is 1.71. The lowest BCUT2D eigenvalue weighted by molar-refractivity contribution is 0.323. The molecule has 0 aliphatic carbocycles. The number of aromatic amines is 2. The fourth-order valence-electron chi connectivity index (χ4n) is 3.65. The molecule has 4 rings (SSSR count). The highest BCUT2D eigenvalue weighted by Crippen LogP contribution is 2.43. The molecule has 0 bridgehead atoms. The molecule has 0 saturated carbocycles. The van der Waals surface area contributed by atoms with E-state index in [1.54, 1.807) is 21.3 Å². The summed E-state index contributed by atoms with van der Waals surface area (Å²) in [6.45, 7) is 0. The molecule has 2 heterocycles. The molecule has 1 aliphatic heterocycles. The standard InChI is InChI=1S/C22H21N3O4S/c1-27-16-9-13(10-17(28-2)19(16)29-3)14-11-15(12-7-5-4-6-8-12)23-20-18(14)21(26)25-22(30)24-20/h4-11,14H,1-3H3,(H3,23,24,25,26,30). The van der Waals surface area contributed by atoms with E-state index in [2.05, 4.69) is 15.3 Å². The van der Waals surface area contributed by atoms with Crippen LogP contribution < -0.4 is 25.1 Å². The summed E-state index contributed by atoms with van der Waals surface area (Å²) in [6, 6.07) is 13.6. The average Bonchev–Trinajstić information content (AvgIpc) is 2.77. The zero-order valence-electron chi connectivity index (χ0n) is 16.7. The van der Waals surface area contributed by atoms with Crippen molar-refractivity contribution in [2.24, 2.45) is 0 Å². The van der Waals surface area contributed by atoms with Crippen LogP contribution in [0.3, 0.4) is 0 Å². The van der Waals surface area contributed by atoms with Crippen LogP contribution in [0.2, 0.25) is 0 Å². The number of hydrogen-bond acceptors (Lipinski definition) is 6. The van der Waals surface area contributed by atoms with Crippen LogP contribution in [0.15, 0.2) is 53.3 Å². The molecule has 1 atom stereocenters. The number of anilines is 1. The summed E-state index contributed by atoms with van der Waals surface area (Å²) in [5, 5.41) is 3.31. The van der Waals surface area contributed by atoms with E-state index in [1.807, 2.05) is 48.5 Å². The van der Waals surface area contributed by atoms with Crippen molar-refractivity contribution in [2.45, 2.75) is 5.92 Å². The smallest absolute Gasteiger partial charge is 0.257 e. The van der Waals surface area contributed by atoms with Gasteiger partial charge >= 0.3 is 0 Å². The van der Waals surface area contributed by atoms with E-state index in [0.29, 0.717) is 28.6 Å². The summed E-state index contributed by atoms with van der Waals surface area (Å²) in [5.41, 5.74) is 2.93. The Bertz CT molecular complexity index is 1210. The van der Waals surface area contributed by atoms with Crippen LogP contribution in [0.4, 0.5) is 5.82 Å². The lowest BCUT2D eigenvalue weighted by Crippen LogP contribution is -2.24. The first kappa shape index (κ1) is 19.8. The SMILES string of the molecule is COc1cc(C2C=C(c3ccccc3)Nc3[nH]c(=S)[nH]c(=O)c32)cc(OC)c1OC. The third-order valence-electron chi connectivity index (χ3n) is 5.01. The van der Waals surface area contributed by atoms with Crippen molar-refractivity contribution >= 4 is 23.7 Å². The van der Waals surface area contributed by atoms with Gasteiger partial charge in [0, 0.05) is 11.6 Å². The number of hydrogen-bond donors (Lipinski definition) is 3. The van der Waals surface area contributed by atoms with Crippen molar-refractivity contribution in [2.75, 3.05) is 26.6 Å². The van der Waals surface area contributed by atoms with Crippen molar-refractivity contribution in [3.8, 4) is 17.2 Å². The van der Waals surface area contributed by atoms with Gasteiger partial charge in [0.25, 0.3) is 5.56 Å². The lowest BCUT2D eigenvalue weighted by atomic mass is 9.87. The molecule has 2 aromatic carbocycles. The summed E-state index contributed by atoms with van der Waals surface area (Å²) >= 11 is 5.18. The van der Waals surface area contributed by atoms with E-state index in [0.717, 1.165) is 16.8 Å². The molecule has 0 spiro atoms. The molecule has 8 heteroatoms. The molecule has 30 heavy (non-hydrogen) atoms. The van der Waals surface area contributed by atoms with Crippen LogP contribution >= 0.6 is 12.2 Å². The summed E-state index contributed by atoms with van der Waals surface area (Å²) in [7, 11) is 4.68. The van der Waals surface area contributed by atoms with Crippen LogP contribution in [0.25, 0.3) is 5.70 Å². The second kappa shape index (κ2) is 8.08. The van der Waals surface area contributed by atoms with Crippen molar-refractivity contribution < 1.29 is 14.2 Å². The maximum Gasteiger partial charge on any atom is 0.257 e. The monoisotopic (exact) mass is 423 g/mol. The highest BCUT2D eigenvalue weighted by molar-refractivity contribution is 7.71. The van der Waals surface area contributed by atoms with Gasteiger partial charge in [0.15, 0.2) is 16.3 Å². The zero-order valence-corrected chi connectivity index (χ0v) is 17.6. The number of methoxy groups -OCH3 is 3. The molecule has 0 radical (unpaired) electrons. The van der Waals surface area contributed by atoms with Gasteiger partial charge in [-0.3, -0.25) is 9.78 Å². The number of ether oxygens (including phenoxy) is 3. The molecule has 0 fully saturated rings. The molecule has 7 nitrogen and oxygen atoms in total. The highest BCUT2D eigenvalue weighted by atomic mass is 32.1. The largest absolute Gasteiger partial charge is 0.493 e. The van der Waals surface area contributed by atoms with E-state index in [1.165, 1.54) is 0 Å². The Morgan fingerprint density at radius 2 is 1.60 bits per heavy atom. The van der Waals surface area contributed by atoms with Gasteiger partial charge in [-0.15, -0.1) is 0 Å². The number of rotatable bonds is 5. The molecule has 1 unspecified atom stereocenters. The fraction of sp³-hybridized carbons (Fsp3) is 0.182. The highest BCUT2D eigenvalue weighted by Gasteiger charge is 2.28. The van der Waals surface area contributed by atoms with Crippen LogP contribution in [0, 0.1) is 4.77 Å². The minimum Gasteiger partial charge on any atom is -0.493 e.